The van der Waals surface area contributed by atoms with E-state index in [1.54, 1.807) is 0 Å². The monoisotopic (exact) mass is 610 g/mol. The predicted molar refractivity (Wildman–Crippen MR) is 198 cm³/mol. The summed E-state index contributed by atoms with van der Waals surface area (Å²) in [5.74, 6) is 0. The molecule has 1 aliphatic carbocycles. The van der Waals surface area contributed by atoms with Crippen molar-refractivity contribution >= 4 is 27.5 Å². The molecule has 0 spiro atoms. The molecule has 10 rings (SSSR count). The zero-order chi connectivity index (χ0) is 31.7. The van der Waals surface area contributed by atoms with Gasteiger partial charge in [0.1, 0.15) is 0 Å². The molecule has 0 radical (unpaired) electrons. The molecule has 0 unspecified atom stereocenters. The summed E-state index contributed by atoms with van der Waals surface area (Å²) in [5.41, 5.74) is 16.3. The summed E-state index contributed by atoms with van der Waals surface area (Å²) >= 11 is 0. The van der Waals surface area contributed by atoms with E-state index in [1.807, 2.05) is 0 Å². The summed E-state index contributed by atoms with van der Waals surface area (Å²) in [6.07, 6.45) is 0. The van der Waals surface area contributed by atoms with Crippen LogP contribution in [0.5, 0.6) is 0 Å². The van der Waals surface area contributed by atoms with E-state index in [9.17, 15) is 0 Å². The Bertz CT molecular complexity index is 2610. The van der Waals surface area contributed by atoms with Gasteiger partial charge in [0.05, 0.1) is 33.2 Å². The summed E-state index contributed by atoms with van der Waals surface area (Å²) in [6, 6.07) is 66.1. The van der Waals surface area contributed by atoms with E-state index in [1.165, 1.54) is 55.4 Å². The average Bonchev–Trinajstić information content (AvgIpc) is 3.70. The van der Waals surface area contributed by atoms with Gasteiger partial charge in [0.2, 0.25) is 0 Å². The van der Waals surface area contributed by atoms with Gasteiger partial charge in [-0.15, -0.1) is 0 Å². The molecule has 0 N–H and O–H groups in total. The molecule has 0 bridgehead atoms. The zero-order valence-corrected chi connectivity index (χ0v) is 26.2. The van der Waals surface area contributed by atoms with Gasteiger partial charge in [-0.1, -0.05) is 152 Å². The molecule has 0 fully saturated rings. The summed E-state index contributed by atoms with van der Waals surface area (Å²) in [4.78, 5) is 5.20. The summed E-state index contributed by atoms with van der Waals surface area (Å²) in [7, 11) is 0. The van der Waals surface area contributed by atoms with Crippen LogP contribution in [0.15, 0.2) is 182 Å². The quantitative estimate of drug-likeness (QED) is 0.194. The molecule has 9 aromatic rings. The van der Waals surface area contributed by atoms with Gasteiger partial charge in [-0.25, -0.2) is 4.98 Å². The molecule has 48 heavy (non-hydrogen) atoms. The Balaban J connectivity index is 1.13. The van der Waals surface area contributed by atoms with E-state index >= 15 is 0 Å². The molecule has 2 heteroatoms. The van der Waals surface area contributed by atoms with Crippen LogP contribution in [0.3, 0.4) is 0 Å². The smallest absolute Gasteiger partial charge is 0.0950 e. The summed E-state index contributed by atoms with van der Waals surface area (Å²) in [6.45, 7) is 0. The third-order valence-electron chi connectivity index (χ3n) is 10.3. The number of hydrogen-bond donors (Lipinski definition) is 0. The maximum Gasteiger partial charge on any atom is 0.0950 e. The van der Waals surface area contributed by atoms with Crippen LogP contribution in [0.25, 0.3) is 61.0 Å². The second-order valence-electron chi connectivity index (χ2n) is 12.7. The van der Waals surface area contributed by atoms with E-state index in [4.69, 9.17) is 4.98 Å². The fourth-order valence-corrected chi connectivity index (χ4v) is 8.18. The van der Waals surface area contributed by atoms with Gasteiger partial charge in [-0.2, -0.15) is 0 Å². The second-order valence-corrected chi connectivity index (χ2v) is 12.7. The summed E-state index contributed by atoms with van der Waals surface area (Å²) < 4.78 is 2.35. The SMILES string of the molecule is c1ccc(C2(c3ccccc3)c3ccccc3-c3cc(-c4ccc(-c5nc6ccccc6n6c5cc5ccccc56)cc4)ccc32)cc1. The number of fused-ring (bicyclic) bond motifs is 8. The Morgan fingerprint density at radius 3 is 1.75 bits per heavy atom. The van der Waals surface area contributed by atoms with Gasteiger partial charge >= 0.3 is 0 Å². The highest BCUT2D eigenvalue weighted by Gasteiger charge is 2.45. The first-order chi connectivity index (χ1) is 23.8. The lowest BCUT2D eigenvalue weighted by Gasteiger charge is -2.33. The van der Waals surface area contributed by atoms with Crippen molar-refractivity contribution in [3.8, 4) is 33.5 Å². The van der Waals surface area contributed by atoms with Crippen molar-refractivity contribution in [2.45, 2.75) is 5.41 Å². The van der Waals surface area contributed by atoms with E-state index < -0.39 is 0 Å². The van der Waals surface area contributed by atoms with Crippen LogP contribution in [-0.2, 0) is 5.41 Å². The molecule has 0 aliphatic heterocycles. The molecular weight excluding hydrogens is 581 g/mol. The Morgan fingerprint density at radius 2 is 0.979 bits per heavy atom. The highest BCUT2D eigenvalue weighted by Crippen LogP contribution is 2.56. The van der Waals surface area contributed by atoms with Gasteiger partial charge in [-0.3, -0.25) is 0 Å². The van der Waals surface area contributed by atoms with Crippen molar-refractivity contribution in [3.63, 3.8) is 0 Å². The number of nitrogens with zero attached hydrogens (tertiary/aromatic N) is 2. The van der Waals surface area contributed by atoms with Crippen molar-refractivity contribution < 1.29 is 0 Å². The van der Waals surface area contributed by atoms with E-state index in [0.717, 1.165) is 27.8 Å². The molecule has 0 amide bonds. The third kappa shape index (κ3) is 3.77. The minimum absolute atomic E-state index is 0.384. The predicted octanol–water partition coefficient (Wildman–Crippen LogP) is 11.3. The largest absolute Gasteiger partial charge is 0.306 e. The maximum atomic E-state index is 5.20. The molecular formula is C46H30N2. The number of rotatable bonds is 4. The molecule has 0 saturated carbocycles. The van der Waals surface area contributed by atoms with Crippen LogP contribution >= 0.6 is 0 Å². The van der Waals surface area contributed by atoms with Crippen LogP contribution < -0.4 is 0 Å². The Labute approximate surface area is 279 Å². The van der Waals surface area contributed by atoms with E-state index in [-0.39, 0.29) is 5.41 Å². The number of para-hydroxylation sites is 3. The molecule has 2 nitrogen and oxygen atoms in total. The first-order valence-corrected chi connectivity index (χ1v) is 16.6. The number of benzene rings is 7. The molecule has 224 valence electrons. The van der Waals surface area contributed by atoms with E-state index in [0.29, 0.717) is 0 Å². The van der Waals surface area contributed by atoms with Gasteiger partial charge in [0.15, 0.2) is 0 Å². The first-order valence-electron chi connectivity index (χ1n) is 16.6. The third-order valence-corrected chi connectivity index (χ3v) is 10.3. The molecule has 2 heterocycles. The Hall–Kier alpha value is -6.25. The van der Waals surface area contributed by atoms with Crippen LogP contribution in [0.2, 0.25) is 0 Å². The minimum atomic E-state index is -0.384. The fourth-order valence-electron chi connectivity index (χ4n) is 8.18. The fraction of sp³-hybridized carbons (Fsp3) is 0.0217. The van der Waals surface area contributed by atoms with Crippen molar-refractivity contribution in [1.29, 1.82) is 0 Å². The van der Waals surface area contributed by atoms with Crippen LogP contribution in [0, 0.1) is 0 Å². The molecule has 0 atom stereocenters. The highest BCUT2D eigenvalue weighted by atomic mass is 14.9. The highest BCUT2D eigenvalue weighted by molar-refractivity contribution is 5.99. The van der Waals surface area contributed by atoms with Crippen molar-refractivity contribution in [2.75, 3.05) is 0 Å². The Kier molecular flexibility index (Phi) is 5.82. The minimum Gasteiger partial charge on any atom is -0.306 e. The van der Waals surface area contributed by atoms with Gasteiger partial charge in [0, 0.05) is 10.9 Å². The molecule has 2 aromatic heterocycles. The number of hydrogen-bond acceptors (Lipinski definition) is 1. The lowest BCUT2D eigenvalue weighted by molar-refractivity contribution is 0.768. The Morgan fingerprint density at radius 1 is 0.396 bits per heavy atom. The van der Waals surface area contributed by atoms with Crippen molar-refractivity contribution in [1.82, 2.24) is 9.38 Å². The first kappa shape index (κ1) is 26.9. The molecule has 0 saturated heterocycles. The lowest BCUT2D eigenvalue weighted by atomic mass is 9.67. The van der Waals surface area contributed by atoms with Crippen molar-refractivity contribution in [3.05, 3.63) is 204 Å². The van der Waals surface area contributed by atoms with Crippen LogP contribution in [0.1, 0.15) is 22.3 Å². The zero-order valence-electron chi connectivity index (χ0n) is 26.2. The van der Waals surface area contributed by atoms with E-state index in [2.05, 4.69) is 186 Å². The lowest BCUT2D eigenvalue weighted by Crippen LogP contribution is -2.28. The molecule has 7 aromatic carbocycles. The second kappa shape index (κ2) is 10.4. The molecule has 1 aliphatic rings. The normalized spacial score (nSPS) is 13.2. The maximum absolute atomic E-state index is 5.20. The average molecular weight is 611 g/mol. The van der Waals surface area contributed by atoms with Crippen molar-refractivity contribution in [2.24, 2.45) is 0 Å². The van der Waals surface area contributed by atoms with Gasteiger partial charge in [-0.05, 0) is 74.8 Å². The van der Waals surface area contributed by atoms with Crippen LogP contribution in [-0.4, -0.2) is 9.38 Å². The van der Waals surface area contributed by atoms with Gasteiger partial charge < -0.3 is 4.40 Å². The van der Waals surface area contributed by atoms with Gasteiger partial charge in [0.25, 0.3) is 0 Å². The summed E-state index contributed by atoms with van der Waals surface area (Å²) in [5, 5.41) is 1.22. The standard InChI is InChI=1S/C46H30N2/c1-3-14-35(15-4-1)46(36-16-5-2-6-17-36)39-19-9-8-18-37(39)38-29-33(27-28-40(38)46)31-23-25-32(26-24-31)45-44-30-34-13-7-11-21-42(34)48(44)43-22-12-10-20-41(43)47-45/h1-30H. The topological polar surface area (TPSA) is 17.3 Å². The number of aromatic nitrogens is 2. The van der Waals surface area contributed by atoms with Crippen LogP contribution in [0.4, 0.5) is 0 Å².